The number of amides is 1. The van der Waals surface area contributed by atoms with Crippen LogP contribution in [0.15, 0.2) is 58.5 Å². The van der Waals surface area contributed by atoms with Crippen LogP contribution in [0.5, 0.6) is 11.5 Å². The van der Waals surface area contributed by atoms with Crippen molar-refractivity contribution in [2.45, 2.75) is 4.90 Å². The first-order valence-electron chi connectivity index (χ1n) is 9.17. The Morgan fingerprint density at radius 1 is 0.966 bits per heavy atom. The fourth-order valence-corrected chi connectivity index (χ4v) is 5.14. The molecule has 29 heavy (non-hydrogen) atoms. The minimum absolute atomic E-state index is 0.0942. The van der Waals surface area contributed by atoms with Crippen molar-refractivity contribution in [2.24, 2.45) is 0 Å². The number of nitrogens with zero attached hydrogens (tertiary/aromatic N) is 2. The minimum atomic E-state index is -3.95. The summed E-state index contributed by atoms with van der Waals surface area (Å²) in [6, 6.07) is 12.0. The predicted octanol–water partition coefficient (Wildman–Crippen LogP) is 2.04. The predicted molar refractivity (Wildman–Crippen MR) is 104 cm³/mol. The molecule has 3 aliphatic rings. The number of benzene rings is 2. The summed E-state index contributed by atoms with van der Waals surface area (Å²) in [7, 11) is -3.95. The van der Waals surface area contributed by atoms with Crippen LogP contribution in [0.3, 0.4) is 0 Å². The third kappa shape index (κ3) is 2.93. The standard InChI is InChI=1S/C20H18N2O6S/c23-20(21-7-9-26-10-8-21)19-12-22(14-5-6-16-17(11-14)28-13-27-16)15-3-1-2-4-18(15)29(19,24)25/h1-6,11-12H,7-10,13H2. The van der Waals surface area contributed by atoms with Crippen molar-refractivity contribution in [3.05, 3.63) is 53.6 Å². The Kier molecular flexibility index (Phi) is 4.21. The number of carbonyl (C=O) groups excluding carboxylic acids is 1. The summed E-state index contributed by atoms with van der Waals surface area (Å²) in [6.07, 6.45) is 1.40. The van der Waals surface area contributed by atoms with E-state index < -0.39 is 15.7 Å². The van der Waals surface area contributed by atoms with Crippen LogP contribution in [-0.4, -0.2) is 52.3 Å². The lowest BCUT2D eigenvalue weighted by Crippen LogP contribution is -2.43. The number of para-hydroxylation sites is 1. The molecule has 2 aromatic carbocycles. The van der Waals surface area contributed by atoms with Gasteiger partial charge >= 0.3 is 0 Å². The van der Waals surface area contributed by atoms with Crippen LogP contribution in [-0.2, 0) is 19.4 Å². The van der Waals surface area contributed by atoms with Crippen molar-refractivity contribution in [3.63, 3.8) is 0 Å². The Balaban J connectivity index is 1.63. The summed E-state index contributed by atoms with van der Waals surface area (Å²) in [5, 5.41) is 0. The molecule has 0 radical (unpaired) electrons. The topological polar surface area (TPSA) is 85.4 Å². The molecule has 8 nitrogen and oxygen atoms in total. The summed E-state index contributed by atoms with van der Waals surface area (Å²) in [6.45, 7) is 1.64. The minimum Gasteiger partial charge on any atom is -0.454 e. The van der Waals surface area contributed by atoms with E-state index >= 15 is 0 Å². The first-order valence-corrected chi connectivity index (χ1v) is 10.7. The molecule has 0 aliphatic carbocycles. The molecule has 3 aliphatic heterocycles. The van der Waals surface area contributed by atoms with E-state index in [4.69, 9.17) is 14.2 Å². The van der Waals surface area contributed by atoms with Gasteiger partial charge in [-0.25, -0.2) is 8.42 Å². The smallest absolute Gasteiger partial charge is 0.267 e. The molecule has 0 saturated carbocycles. The highest BCUT2D eigenvalue weighted by Crippen LogP contribution is 2.43. The number of ether oxygens (including phenoxy) is 3. The third-order valence-corrected chi connectivity index (χ3v) is 6.88. The summed E-state index contributed by atoms with van der Waals surface area (Å²) < 4.78 is 42.6. The first kappa shape index (κ1) is 18.0. The highest BCUT2D eigenvalue weighted by Gasteiger charge is 2.38. The van der Waals surface area contributed by atoms with Gasteiger partial charge in [0.05, 0.1) is 23.8 Å². The molecule has 1 saturated heterocycles. The van der Waals surface area contributed by atoms with E-state index in [1.165, 1.54) is 17.2 Å². The van der Waals surface area contributed by atoms with E-state index in [1.54, 1.807) is 41.3 Å². The molecule has 0 atom stereocenters. The molecule has 9 heteroatoms. The second-order valence-electron chi connectivity index (χ2n) is 6.78. The zero-order chi connectivity index (χ0) is 20.0. The molecule has 1 fully saturated rings. The zero-order valence-electron chi connectivity index (χ0n) is 15.4. The van der Waals surface area contributed by atoms with E-state index in [1.807, 2.05) is 0 Å². The van der Waals surface area contributed by atoms with Gasteiger partial charge in [-0.05, 0) is 24.3 Å². The van der Waals surface area contributed by atoms with Crippen molar-refractivity contribution in [2.75, 3.05) is 38.0 Å². The van der Waals surface area contributed by atoms with Gasteiger partial charge in [-0.3, -0.25) is 4.79 Å². The molecule has 0 bridgehead atoms. The number of morpholine rings is 1. The molecule has 0 spiro atoms. The Morgan fingerprint density at radius 3 is 2.55 bits per heavy atom. The van der Waals surface area contributed by atoms with E-state index in [0.717, 1.165) is 0 Å². The van der Waals surface area contributed by atoms with Crippen molar-refractivity contribution in [3.8, 4) is 11.5 Å². The fraction of sp³-hybridized carbons (Fsp3) is 0.250. The number of rotatable bonds is 2. The van der Waals surface area contributed by atoms with Gasteiger partial charge in [-0.1, -0.05) is 12.1 Å². The largest absolute Gasteiger partial charge is 0.454 e. The van der Waals surface area contributed by atoms with Crippen LogP contribution >= 0.6 is 0 Å². The molecule has 3 heterocycles. The summed E-state index contributed by atoms with van der Waals surface area (Å²) >= 11 is 0. The molecule has 2 aromatic rings. The number of fused-ring (bicyclic) bond motifs is 2. The fourth-order valence-electron chi connectivity index (χ4n) is 3.60. The van der Waals surface area contributed by atoms with E-state index in [0.29, 0.717) is 49.2 Å². The van der Waals surface area contributed by atoms with Gasteiger partial charge in [0, 0.05) is 31.0 Å². The van der Waals surface area contributed by atoms with E-state index in [9.17, 15) is 13.2 Å². The highest BCUT2D eigenvalue weighted by molar-refractivity contribution is 7.96. The van der Waals surface area contributed by atoms with Crippen LogP contribution in [0.1, 0.15) is 0 Å². The number of hydrogen-bond acceptors (Lipinski definition) is 7. The molecular weight excluding hydrogens is 396 g/mol. The van der Waals surface area contributed by atoms with Crippen LogP contribution in [0.4, 0.5) is 11.4 Å². The highest BCUT2D eigenvalue weighted by atomic mass is 32.2. The van der Waals surface area contributed by atoms with Gasteiger partial charge in [0.15, 0.2) is 16.4 Å². The van der Waals surface area contributed by atoms with Gasteiger partial charge in [0.2, 0.25) is 16.6 Å². The van der Waals surface area contributed by atoms with Crippen molar-refractivity contribution < 1.29 is 27.4 Å². The number of carbonyl (C=O) groups is 1. The van der Waals surface area contributed by atoms with Crippen molar-refractivity contribution >= 4 is 27.1 Å². The molecule has 0 N–H and O–H groups in total. The second kappa shape index (κ2) is 6.78. The van der Waals surface area contributed by atoms with E-state index in [-0.39, 0.29) is 16.6 Å². The molecule has 0 aromatic heterocycles. The van der Waals surface area contributed by atoms with E-state index in [2.05, 4.69) is 0 Å². The Bertz CT molecular complexity index is 1120. The lowest BCUT2D eigenvalue weighted by molar-refractivity contribution is -0.130. The SMILES string of the molecule is O=C(C1=CN(c2ccc3c(c2)OCO3)c2ccccc2S1(=O)=O)N1CCOCC1. The van der Waals surface area contributed by atoms with Crippen LogP contribution in [0.2, 0.25) is 0 Å². The van der Waals surface area contributed by atoms with Crippen LogP contribution < -0.4 is 14.4 Å². The first-order chi connectivity index (χ1) is 14.1. The lowest BCUT2D eigenvalue weighted by atomic mass is 10.2. The zero-order valence-corrected chi connectivity index (χ0v) is 16.2. The maximum absolute atomic E-state index is 13.2. The van der Waals surface area contributed by atoms with Crippen molar-refractivity contribution in [1.29, 1.82) is 0 Å². The lowest BCUT2D eigenvalue weighted by Gasteiger charge is -2.32. The maximum Gasteiger partial charge on any atom is 0.267 e. The Morgan fingerprint density at radius 2 is 1.72 bits per heavy atom. The summed E-state index contributed by atoms with van der Waals surface area (Å²) in [5.74, 6) is 0.677. The normalized spacial score (nSPS) is 19.5. The van der Waals surface area contributed by atoms with Gasteiger partial charge in [-0.2, -0.15) is 0 Å². The molecular formula is C20H18N2O6S. The maximum atomic E-state index is 13.2. The Hall–Kier alpha value is -3.04. The molecule has 150 valence electrons. The number of hydrogen-bond donors (Lipinski definition) is 0. The molecule has 1 amide bonds. The van der Waals surface area contributed by atoms with Crippen molar-refractivity contribution in [1.82, 2.24) is 4.90 Å². The summed E-state index contributed by atoms with van der Waals surface area (Å²) in [4.78, 5) is 16.1. The van der Waals surface area contributed by atoms with Gasteiger partial charge in [0.1, 0.15) is 0 Å². The van der Waals surface area contributed by atoms with Gasteiger partial charge in [-0.15, -0.1) is 0 Å². The molecule has 0 unspecified atom stereocenters. The second-order valence-corrected chi connectivity index (χ2v) is 8.66. The van der Waals surface area contributed by atoms with Crippen LogP contribution in [0.25, 0.3) is 0 Å². The summed E-state index contributed by atoms with van der Waals surface area (Å²) in [5.41, 5.74) is 1.15. The average Bonchev–Trinajstić information content (AvgIpc) is 3.22. The molecule has 5 rings (SSSR count). The Labute approximate surface area is 167 Å². The number of anilines is 2. The number of sulfone groups is 1. The monoisotopic (exact) mass is 414 g/mol. The quantitative estimate of drug-likeness (QED) is 0.743. The van der Waals surface area contributed by atoms with Gasteiger partial charge in [0.25, 0.3) is 5.91 Å². The van der Waals surface area contributed by atoms with Crippen LogP contribution in [0, 0.1) is 0 Å². The average molecular weight is 414 g/mol. The van der Waals surface area contributed by atoms with Gasteiger partial charge < -0.3 is 24.0 Å². The third-order valence-electron chi connectivity index (χ3n) is 5.09.